The van der Waals surface area contributed by atoms with E-state index in [2.05, 4.69) is 22.9 Å². The highest BCUT2D eigenvalue weighted by molar-refractivity contribution is 9.11. The Morgan fingerprint density at radius 3 is 2.88 bits per heavy atom. The lowest BCUT2D eigenvalue weighted by molar-refractivity contribution is 0.244. The predicted molar refractivity (Wildman–Crippen MR) is 38.9 cm³/mol. The van der Waals surface area contributed by atoms with Crippen LogP contribution < -0.4 is 0 Å². The topological polar surface area (TPSA) is 9.23 Å². The van der Waals surface area contributed by atoms with Crippen molar-refractivity contribution in [2.75, 3.05) is 6.61 Å². The summed E-state index contributed by atoms with van der Waals surface area (Å²) in [5, 5.41) is 0. The first-order chi connectivity index (χ1) is 3.91. The van der Waals surface area contributed by atoms with E-state index in [1.54, 1.807) is 11.2 Å². The van der Waals surface area contributed by atoms with Crippen LogP contribution in [-0.2, 0) is 4.74 Å². The maximum absolute atomic E-state index is 5.00. The van der Waals surface area contributed by atoms with Crippen LogP contribution >= 0.6 is 15.9 Å². The molecule has 0 unspecified atom stereocenters. The van der Waals surface area contributed by atoms with Crippen LogP contribution in [0.4, 0.5) is 0 Å². The summed E-state index contributed by atoms with van der Waals surface area (Å²) in [6.45, 7) is 2.97. The van der Waals surface area contributed by atoms with Crippen LogP contribution in [-0.4, -0.2) is 6.61 Å². The molecule has 0 heterocycles. The summed E-state index contributed by atoms with van der Waals surface area (Å²) < 4.78 is 5.00. The smallest absolute Gasteiger partial charge is 0.0898 e. The van der Waals surface area contributed by atoms with Crippen molar-refractivity contribution in [3.8, 4) is 0 Å². The highest BCUT2D eigenvalue weighted by Gasteiger charge is 1.77. The van der Waals surface area contributed by atoms with Gasteiger partial charge in [0.1, 0.15) is 0 Å². The molecule has 0 amide bonds. The second kappa shape index (κ2) is 7.02. The minimum atomic E-state index is 0.832. The minimum Gasteiger partial charge on any atom is -0.501 e. The standard InChI is InChI=1S/C6H11BrO/c1-2-3-5-8-6-4-7/h4,6H,2-3,5H2,1H3. The van der Waals surface area contributed by atoms with Gasteiger partial charge in [0.2, 0.25) is 0 Å². The molecule has 0 aromatic rings. The van der Waals surface area contributed by atoms with E-state index in [0.717, 1.165) is 13.0 Å². The fourth-order valence-electron chi connectivity index (χ4n) is 0.332. The van der Waals surface area contributed by atoms with Crippen LogP contribution in [0.2, 0.25) is 0 Å². The van der Waals surface area contributed by atoms with E-state index in [-0.39, 0.29) is 0 Å². The molecule has 8 heavy (non-hydrogen) atoms. The van der Waals surface area contributed by atoms with Gasteiger partial charge >= 0.3 is 0 Å². The summed E-state index contributed by atoms with van der Waals surface area (Å²) in [5.41, 5.74) is 0. The second-order valence-corrected chi connectivity index (χ2v) is 2.02. The fourth-order valence-corrected chi connectivity index (χ4v) is 0.485. The highest BCUT2D eigenvalue weighted by Crippen LogP contribution is 1.89. The first-order valence-corrected chi connectivity index (χ1v) is 3.70. The van der Waals surface area contributed by atoms with Crippen LogP contribution in [0.3, 0.4) is 0 Å². The number of hydrogen-bond acceptors (Lipinski definition) is 1. The molecule has 0 N–H and O–H groups in total. The Morgan fingerprint density at radius 1 is 1.62 bits per heavy atom. The Kier molecular flexibility index (Phi) is 7.04. The normalized spacial score (nSPS) is 10.2. The zero-order valence-electron chi connectivity index (χ0n) is 5.06. The molecular formula is C6H11BrO. The van der Waals surface area contributed by atoms with Gasteiger partial charge in [0.15, 0.2) is 0 Å². The van der Waals surface area contributed by atoms with Crippen molar-refractivity contribution in [2.45, 2.75) is 19.8 Å². The van der Waals surface area contributed by atoms with Crippen LogP contribution in [0, 0.1) is 0 Å². The van der Waals surface area contributed by atoms with E-state index in [1.807, 2.05) is 0 Å². The molecule has 0 saturated carbocycles. The lowest BCUT2D eigenvalue weighted by atomic mass is 10.4. The first kappa shape index (κ1) is 8.02. The van der Waals surface area contributed by atoms with Gasteiger partial charge in [-0.1, -0.05) is 29.3 Å². The number of unbranched alkanes of at least 4 members (excludes halogenated alkanes) is 1. The summed E-state index contributed by atoms with van der Waals surface area (Å²) in [7, 11) is 0. The molecule has 48 valence electrons. The van der Waals surface area contributed by atoms with Crippen LogP contribution in [0.5, 0.6) is 0 Å². The Balaban J connectivity index is 2.72. The zero-order valence-corrected chi connectivity index (χ0v) is 6.65. The predicted octanol–water partition coefficient (Wildman–Crippen LogP) is 2.67. The van der Waals surface area contributed by atoms with Crippen molar-refractivity contribution < 1.29 is 4.74 Å². The largest absolute Gasteiger partial charge is 0.501 e. The van der Waals surface area contributed by atoms with E-state index in [9.17, 15) is 0 Å². The average molecular weight is 179 g/mol. The maximum Gasteiger partial charge on any atom is 0.0898 e. The lowest BCUT2D eigenvalue weighted by Crippen LogP contribution is -1.83. The van der Waals surface area contributed by atoms with Gasteiger partial charge in [0.05, 0.1) is 12.9 Å². The molecule has 0 atom stereocenters. The summed E-state index contributed by atoms with van der Waals surface area (Å²) >= 11 is 3.10. The Morgan fingerprint density at radius 2 is 2.38 bits per heavy atom. The second-order valence-electron chi connectivity index (χ2n) is 1.49. The molecule has 0 aliphatic carbocycles. The third-order valence-electron chi connectivity index (χ3n) is 0.763. The van der Waals surface area contributed by atoms with Gasteiger partial charge in [-0.05, 0) is 6.42 Å². The molecule has 2 heteroatoms. The van der Waals surface area contributed by atoms with Gasteiger partial charge in [-0.2, -0.15) is 0 Å². The van der Waals surface area contributed by atoms with Crippen molar-refractivity contribution in [1.29, 1.82) is 0 Å². The van der Waals surface area contributed by atoms with Crippen molar-refractivity contribution in [1.82, 2.24) is 0 Å². The molecule has 0 fully saturated rings. The molecule has 0 rings (SSSR count). The number of rotatable bonds is 4. The number of hydrogen-bond donors (Lipinski definition) is 0. The Labute approximate surface area is 58.9 Å². The van der Waals surface area contributed by atoms with Crippen LogP contribution in [0.25, 0.3) is 0 Å². The Hall–Kier alpha value is 0.0200. The van der Waals surface area contributed by atoms with Gasteiger partial charge in [0, 0.05) is 4.99 Å². The fraction of sp³-hybridized carbons (Fsp3) is 0.667. The monoisotopic (exact) mass is 178 g/mol. The van der Waals surface area contributed by atoms with E-state index in [0.29, 0.717) is 0 Å². The number of halogens is 1. The molecule has 1 nitrogen and oxygen atoms in total. The summed E-state index contributed by atoms with van der Waals surface area (Å²) in [6.07, 6.45) is 3.98. The highest BCUT2D eigenvalue weighted by atomic mass is 79.9. The molecule has 0 aliphatic heterocycles. The van der Waals surface area contributed by atoms with E-state index < -0.39 is 0 Å². The van der Waals surface area contributed by atoms with E-state index >= 15 is 0 Å². The molecule has 0 bridgehead atoms. The van der Waals surface area contributed by atoms with Gasteiger partial charge in [-0.25, -0.2) is 0 Å². The van der Waals surface area contributed by atoms with Crippen molar-refractivity contribution >= 4 is 15.9 Å². The van der Waals surface area contributed by atoms with Gasteiger partial charge < -0.3 is 4.74 Å². The third kappa shape index (κ3) is 6.02. The van der Waals surface area contributed by atoms with Crippen molar-refractivity contribution in [2.24, 2.45) is 0 Å². The van der Waals surface area contributed by atoms with Gasteiger partial charge in [-0.3, -0.25) is 0 Å². The van der Waals surface area contributed by atoms with Gasteiger partial charge in [0.25, 0.3) is 0 Å². The van der Waals surface area contributed by atoms with Crippen LogP contribution in [0.1, 0.15) is 19.8 Å². The summed E-state index contributed by atoms with van der Waals surface area (Å²) in [6, 6.07) is 0. The molecule has 0 aliphatic rings. The van der Waals surface area contributed by atoms with E-state index in [4.69, 9.17) is 4.74 Å². The minimum absolute atomic E-state index is 0.832. The first-order valence-electron chi connectivity index (χ1n) is 2.78. The maximum atomic E-state index is 5.00. The summed E-state index contributed by atoms with van der Waals surface area (Å²) in [4.78, 5) is 1.71. The molecule has 0 radical (unpaired) electrons. The molecule has 0 aromatic carbocycles. The third-order valence-corrected chi connectivity index (χ3v) is 0.979. The molecular weight excluding hydrogens is 168 g/mol. The molecule has 0 saturated heterocycles. The van der Waals surface area contributed by atoms with Gasteiger partial charge in [-0.15, -0.1) is 0 Å². The van der Waals surface area contributed by atoms with Crippen molar-refractivity contribution in [3.05, 3.63) is 11.2 Å². The number of ether oxygens (including phenoxy) is 1. The molecule has 0 aromatic heterocycles. The molecule has 0 spiro atoms. The Bertz CT molecular complexity index is 61.5. The lowest BCUT2D eigenvalue weighted by Gasteiger charge is -1.94. The summed E-state index contributed by atoms with van der Waals surface area (Å²) in [5.74, 6) is 0. The van der Waals surface area contributed by atoms with Crippen molar-refractivity contribution in [3.63, 3.8) is 0 Å². The van der Waals surface area contributed by atoms with Crippen LogP contribution in [0.15, 0.2) is 11.2 Å². The average Bonchev–Trinajstić information content (AvgIpc) is 1.81. The SMILES string of the molecule is CCCCOC=CBr. The van der Waals surface area contributed by atoms with E-state index in [1.165, 1.54) is 6.42 Å². The quantitative estimate of drug-likeness (QED) is 0.476. The zero-order chi connectivity index (χ0) is 6.24.